The lowest BCUT2D eigenvalue weighted by Crippen LogP contribution is -2.39. The van der Waals surface area contributed by atoms with Crippen LogP contribution in [0.1, 0.15) is 80.7 Å². The van der Waals surface area contributed by atoms with Crippen molar-refractivity contribution < 1.29 is 9.53 Å². The highest BCUT2D eigenvalue weighted by Crippen LogP contribution is 2.26. The van der Waals surface area contributed by atoms with Crippen LogP contribution in [0.3, 0.4) is 0 Å². The number of aryl methyl sites for hydroxylation is 1. The summed E-state index contributed by atoms with van der Waals surface area (Å²) in [5.41, 5.74) is 2.53. The zero-order valence-corrected chi connectivity index (χ0v) is 21.6. The predicted molar refractivity (Wildman–Crippen MR) is 142 cm³/mol. The molecular weight excluding hydrogens is 438 g/mol. The molecule has 0 bridgehead atoms. The third-order valence-electron chi connectivity index (χ3n) is 6.43. The second-order valence-corrected chi connectivity index (χ2v) is 9.01. The van der Waals surface area contributed by atoms with Crippen molar-refractivity contribution in [2.45, 2.75) is 71.9 Å². The number of fused-ring (bicyclic) bond motifs is 1. The molecule has 3 rings (SSSR count). The van der Waals surface area contributed by atoms with Crippen molar-refractivity contribution in [1.29, 1.82) is 0 Å². The van der Waals surface area contributed by atoms with E-state index in [1.807, 2.05) is 55.1 Å². The lowest BCUT2D eigenvalue weighted by atomic mass is 10.0. The molecule has 35 heavy (non-hydrogen) atoms. The van der Waals surface area contributed by atoms with Crippen molar-refractivity contribution in [3.05, 3.63) is 75.8 Å². The first-order chi connectivity index (χ1) is 17.0. The van der Waals surface area contributed by atoms with Crippen LogP contribution in [0.25, 0.3) is 10.9 Å². The van der Waals surface area contributed by atoms with E-state index < -0.39 is 0 Å². The largest absolute Gasteiger partial charge is 0.385 e. The summed E-state index contributed by atoms with van der Waals surface area (Å²) in [7, 11) is 1.67. The number of carbonyl (C=O) groups is 1. The molecule has 1 atom stereocenters. The van der Waals surface area contributed by atoms with Crippen molar-refractivity contribution in [3.63, 3.8) is 0 Å². The van der Waals surface area contributed by atoms with Crippen molar-refractivity contribution in [2.24, 2.45) is 0 Å². The number of hydrogen-bond donors (Lipinski definition) is 0. The quantitative estimate of drug-likeness (QED) is 0.293. The van der Waals surface area contributed by atoms with Gasteiger partial charge in [0.15, 0.2) is 0 Å². The fourth-order valence-electron chi connectivity index (χ4n) is 4.56. The number of methoxy groups -OCH3 is 1. The summed E-state index contributed by atoms with van der Waals surface area (Å²) in [5, 5.41) is 0.611. The highest BCUT2D eigenvalue weighted by atomic mass is 16.5. The summed E-state index contributed by atoms with van der Waals surface area (Å²) >= 11 is 0. The van der Waals surface area contributed by atoms with E-state index in [4.69, 9.17) is 9.72 Å². The minimum Gasteiger partial charge on any atom is -0.385 e. The first kappa shape index (κ1) is 26.6. The Balaban J connectivity index is 2.05. The van der Waals surface area contributed by atoms with Crippen LogP contribution in [-0.2, 0) is 17.7 Å². The van der Waals surface area contributed by atoms with Gasteiger partial charge in [-0.15, -0.1) is 0 Å². The predicted octanol–water partition coefficient (Wildman–Crippen LogP) is 5.78. The van der Waals surface area contributed by atoms with Crippen molar-refractivity contribution >= 4 is 16.8 Å². The molecule has 6 heteroatoms. The summed E-state index contributed by atoms with van der Waals surface area (Å²) in [6, 6.07) is 15.1. The second-order valence-electron chi connectivity index (χ2n) is 9.01. The maximum Gasteiger partial charge on any atom is 0.261 e. The number of para-hydroxylation sites is 1. The maximum atomic E-state index is 13.8. The molecule has 0 radical (unpaired) electrons. The van der Waals surface area contributed by atoms with E-state index in [0.717, 1.165) is 25.7 Å². The Hall–Kier alpha value is -2.99. The Morgan fingerprint density at radius 2 is 1.77 bits per heavy atom. The van der Waals surface area contributed by atoms with Crippen LogP contribution in [0.2, 0.25) is 0 Å². The van der Waals surface area contributed by atoms with E-state index in [9.17, 15) is 9.59 Å². The SMILES string of the molecule is CCCCc1ccc(C(=O)N(CCCOC)C(CC)c2nc3ccccc3c(=O)n2CCC)cc1. The molecule has 1 amide bonds. The molecule has 0 aliphatic carbocycles. The molecule has 3 aromatic rings. The number of amides is 1. The molecule has 0 aliphatic rings. The average Bonchev–Trinajstić information content (AvgIpc) is 2.89. The molecule has 1 aromatic heterocycles. The van der Waals surface area contributed by atoms with Gasteiger partial charge in [-0.1, -0.05) is 51.5 Å². The number of aromatic nitrogens is 2. The molecule has 1 heterocycles. The first-order valence-electron chi connectivity index (χ1n) is 12.9. The van der Waals surface area contributed by atoms with E-state index in [1.54, 1.807) is 11.7 Å². The van der Waals surface area contributed by atoms with E-state index in [2.05, 4.69) is 19.1 Å². The molecule has 1 unspecified atom stereocenters. The van der Waals surface area contributed by atoms with Crippen LogP contribution < -0.4 is 5.56 Å². The van der Waals surface area contributed by atoms with E-state index in [0.29, 0.717) is 54.8 Å². The molecule has 2 aromatic carbocycles. The third-order valence-corrected chi connectivity index (χ3v) is 6.43. The van der Waals surface area contributed by atoms with Gasteiger partial charge in [-0.25, -0.2) is 4.98 Å². The molecule has 188 valence electrons. The summed E-state index contributed by atoms with van der Waals surface area (Å²) < 4.78 is 7.05. The topological polar surface area (TPSA) is 64.4 Å². The number of unbranched alkanes of at least 4 members (excludes halogenated alkanes) is 1. The van der Waals surface area contributed by atoms with Crippen LogP contribution >= 0.6 is 0 Å². The summed E-state index contributed by atoms with van der Waals surface area (Å²) in [6.07, 6.45) is 5.46. The average molecular weight is 478 g/mol. The van der Waals surface area contributed by atoms with Crippen LogP contribution in [0, 0.1) is 0 Å². The molecule has 0 saturated heterocycles. The van der Waals surface area contributed by atoms with Gasteiger partial charge >= 0.3 is 0 Å². The normalized spacial score (nSPS) is 12.1. The van der Waals surface area contributed by atoms with Crippen molar-refractivity contribution in [3.8, 4) is 0 Å². The molecule has 0 N–H and O–H groups in total. The zero-order valence-electron chi connectivity index (χ0n) is 21.6. The Morgan fingerprint density at radius 3 is 2.43 bits per heavy atom. The fraction of sp³-hybridized carbons (Fsp3) is 0.483. The summed E-state index contributed by atoms with van der Waals surface area (Å²) in [5.74, 6) is 0.615. The standard InChI is InChI=1S/C29H39N3O3/c1-5-8-12-22-15-17-23(18-16-22)28(33)31(20-11-21-35-4)26(7-3)27-30-25-14-10-9-13-24(25)29(34)32(27)19-6-2/h9-10,13-18,26H,5-8,11-12,19-21H2,1-4H3. The van der Waals surface area contributed by atoms with Gasteiger partial charge in [0.05, 0.1) is 16.9 Å². The van der Waals surface area contributed by atoms with Gasteiger partial charge in [-0.2, -0.15) is 0 Å². The zero-order chi connectivity index (χ0) is 25.2. The van der Waals surface area contributed by atoms with Gasteiger partial charge in [0, 0.05) is 32.4 Å². The van der Waals surface area contributed by atoms with Gasteiger partial charge in [0.1, 0.15) is 5.82 Å². The Bertz CT molecular complexity index is 1150. The van der Waals surface area contributed by atoms with Gasteiger partial charge in [0.2, 0.25) is 0 Å². The maximum absolute atomic E-state index is 13.8. The Kier molecular flexibility index (Phi) is 10.0. The molecule has 0 aliphatic heterocycles. The second kappa shape index (κ2) is 13.2. The Morgan fingerprint density at radius 1 is 1.03 bits per heavy atom. The minimum atomic E-state index is -0.317. The molecular formula is C29H39N3O3. The van der Waals surface area contributed by atoms with E-state index >= 15 is 0 Å². The van der Waals surface area contributed by atoms with Gasteiger partial charge in [-0.3, -0.25) is 14.2 Å². The van der Waals surface area contributed by atoms with Gasteiger partial charge in [0.25, 0.3) is 11.5 Å². The van der Waals surface area contributed by atoms with Crippen molar-refractivity contribution in [1.82, 2.24) is 14.5 Å². The van der Waals surface area contributed by atoms with Crippen molar-refractivity contribution in [2.75, 3.05) is 20.3 Å². The number of benzene rings is 2. The highest BCUT2D eigenvalue weighted by Gasteiger charge is 2.29. The van der Waals surface area contributed by atoms with Crippen LogP contribution in [0.4, 0.5) is 0 Å². The molecule has 6 nitrogen and oxygen atoms in total. The number of nitrogens with zero attached hydrogens (tertiary/aromatic N) is 3. The number of ether oxygens (including phenoxy) is 1. The third kappa shape index (κ3) is 6.37. The van der Waals surface area contributed by atoms with E-state index in [-0.39, 0.29) is 17.5 Å². The van der Waals surface area contributed by atoms with Gasteiger partial charge in [-0.05, 0) is 61.9 Å². The smallest absolute Gasteiger partial charge is 0.261 e. The number of carbonyl (C=O) groups excluding carboxylic acids is 1. The highest BCUT2D eigenvalue weighted by molar-refractivity contribution is 5.94. The number of rotatable bonds is 13. The van der Waals surface area contributed by atoms with Crippen LogP contribution in [0.5, 0.6) is 0 Å². The lowest BCUT2D eigenvalue weighted by molar-refractivity contribution is 0.0631. The minimum absolute atomic E-state index is 0.0412. The summed E-state index contributed by atoms with van der Waals surface area (Å²) in [4.78, 5) is 34.0. The molecule has 0 fully saturated rings. The molecule has 0 saturated carbocycles. The lowest BCUT2D eigenvalue weighted by Gasteiger charge is -2.32. The first-order valence-corrected chi connectivity index (χ1v) is 12.9. The Labute approximate surface area is 208 Å². The van der Waals surface area contributed by atoms with Crippen LogP contribution in [0.15, 0.2) is 53.3 Å². The monoisotopic (exact) mass is 477 g/mol. The van der Waals surface area contributed by atoms with Crippen LogP contribution in [-0.4, -0.2) is 40.6 Å². The fourth-order valence-corrected chi connectivity index (χ4v) is 4.56. The number of hydrogen-bond acceptors (Lipinski definition) is 4. The molecule has 0 spiro atoms. The van der Waals surface area contributed by atoms with E-state index in [1.165, 1.54) is 5.56 Å². The van der Waals surface area contributed by atoms with Gasteiger partial charge < -0.3 is 9.64 Å². The summed E-state index contributed by atoms with van der Waals surface area (Å²) in [6.45, 7) is 7.93.